The zero-order valence-electron chi connectivity index (χ0n) is 15.3. The van der Waals surface area contributed by atoms with Crippen LogP contribution in [0, 0.1) is 0 Å². The minimum atomic E-state index is -1.23. The summed E-state index contributed by atoms with van der Waals surface area (Å²) < 4.78 is 5.84. The van der Waals surface area contributed by atoms with E-state index in [9.17, 15) is 19.5 Å². The van der Waals surface area contributed by atoms with Crippen molar-refractivity contribution < 1.29 is 24.2 Å². The SMILES string of the molecule is O=C(O)CC(Oc1cccc2c1CN1CC(=O)NC1=N2)C(=O)Nc1ccccc1. The van der Waals surface area contributed by atoms with Crippen molar-refractivity contribution in [1.29, 1.82) is 0 Å². The quantitative estimate of drug-likeness (QED) is 0.683. The fraction of sp³-hybridized carbons (Fsp3) is 0.200. The summed E-state index contributed by atoms with van der Waals surface area (Å²) in [6, 6.07) is 13.9. The smallest absolute Gasteiger partial charge is 0.307 e. The van der Waals surface area contributed by atoms with E-state index in [4.69, 9.17) is 4.74 Å². The van der Waals surface area contributed by atoms with Gasteiger partial charge in [-0.15, -0.1) is 0 Å². The van der Waals surface area contributed by atoms with Crippen LogP contribution in [0.15, 0.2) is 53.5 Å². The molecule has 9 nitrogen and oxygen atoms in total. The molecule has 1 fully saturated rings. The maximum atomic E-state index is 12.7. The van der Waals surface area contributed by atoms with Gasteiger partial charge in [0.25, 0.3) is 5.91 Å². The molecule has 1 saturated heterocycles. The lowest BCUT2D eigenvalue weighted by molar-refractivity contribution is -0.141. The monoisotopic (exact) mass is 394 g/mol. The van der Waals surface area contributed by atoms with Crippen LogP contribution in [0.25, 0.3) is 0 Å². The summed E-state index contributed by atoms with van der Waals surface area (Å²) in [5.41, 5.74) is 1.84. The van der Waals surface area contributed by atoms with Crippen LogP contribution in [-0.2, 0) is 20.9 Å². The van der Waals surface area contributed by atoms with Gasteiger partial charge in [-0.25, -0.2) is 4.99 Å². The number of hydrogen-bond donors (Lipinski definition) is 3. The molecule has 2 aliphatic rings. The molecule has 4 rings (SSSR count). The zero-order valence-corrected chi connectivity index (χ0v) is 15.3. The van der Waals surface area contributed by atoms with Gasteiger partial charge in [-0.2, -0.15) is 0 Å². The highest BCUT2D eigenvalue weighted by atomic mass is 16.5. The highest BCUT2D eigenvalue weighted by molar-refractivity contribution is 6.06. The number of benzene rings is 2. The minimum absolute atomic E-state index is 0.148. The molecule has 3 N–H and O–H groups in total. The minimum Gasteiger partial charge on any atom is -0.481 e. The molecule has 2 aromatic carbocycles. The number of fused-ring (bicyclic) bond motifs is 2. The zero-order chi connectivity index (χ0) is 20.4. The second-order valence-electron chi connectivity index (χ2n) is 6.65. The first kappa shape index (κ1) is 18.5. The number of nitrogens with one attached hydrogen (secondary N) is 2. The van der Waals surface area contributed by atoms with E-state index in [-0.39, 0.29) is 12.5 Å². The number of aliphatic imine (C=N–C) groups is 1. The standard InChI is InChI=1S/C20H18N4O5/c25-17-11-24-10-13-14(22-20(24)23-17)7-4-8-15(13)29-16(9-18(26)27)19(28)21-12-5-2-1-3-6-12/h1-8,16H,9-11H2,(H,21,28)(H,26,27)(H,22,23,25). The summed E-state index contributed by atoms with van der Waals surface area (Å²) in [7, 11) is 0. The normalized spacial score (nSPS) is 15.5. The van der Waals surface area contributed by atoms with Crippen LogP contribution in [0.3, 0.4) is 0 Å². The fourth-order valence-electron chi connectivity index (χ4n) is 3.20. The van der Waals surface area contributed by atoms with Crippen molar-refractivity contribution >= 4 is 35.1 Å². The third kappa shape index (κ3) is 4.03. The van der Waals surface area contributed by atoms with E-state index in [1.165, 1.54) is 0 Å². The van der Waals surface area contributed by atoms with Gasteiger partial charge >= 0.3 is 5.97 Å². The number of amides is 2. The summed E-state index contributed by atoms with van der Waals surface area (Å²) >= 11 is 0. The predicted octanol–water partition coefficient (Wildman–Crippen LogP) is 1.48. The number of ether oxygens (including phenoxy) is 1. The molecule has 0 spiro atoms. The maximum absolute atomic E-state index is 12.7. The Kier molecular flexibility index (Phi) is 4.86. The Bertz CT molecular complexity index is 1010. The van der Waals surface area contributed by atoms with E-state index in [0.717, 1.165) is 0 Å². The van der Waals surface area contributed by atoms with Gasteiger partial charge in [-0.1, -0.05) is 24.3 Å². The third-order valence-corrected chi connectivity index (χ3v) is 4.53. The highest BCUT2D eigenvalue weighted by Crippen LogP contribution is 2.35. The molecule has 29 heavy (non-hydrogen) atoms. The molecular formula is C20H18N4O5. The molecule has 0 saturated carbocycles. The molecule has 0 aliphatic carbocycles. The Hall–Kier alpha value is -3.88. The lowest BCUT2D eigenvalue weighted by Gasteiger charge is -2.26. The maximum Gasteiger partial charge on any atom is 0.307 e. The lowest BCUT2D eigenvalue weighted by atomic mass is 10.1. The summed E-state index contributed by atoms with van der Waals surface area (Å²) in [6.07, 6.45) is -1.73. The van der Waals surface area contributed by atoms with Crippen LogP contribution in [0.1, 0.15) is 12.0 Å². The third-order valence-electron chi connectivity index (χ3n) is 4.53. The van der Waals surface area contributed by atoms with Crippen molar-refractivity contribution in [3.05, 3.63) is 54.1 Å². The lowest BCUT2D eigenvalue weighted by Crippen LogP contribution is -2.36. The van der Waals surface area contributed by atoms with Gasteiger partial charge in [0, 0.05) is 11.3 Å². The predicted molar refractivity (Wildman–Crippen MR) is 104 cm³/mol. The average molecular weight is 394 g/mol. The number of guanidine groups is 1. The number of carbonyl (C=O) groups is 3. The van der Waals surface area contributed by atoms with Crippen LogP contribution < -0.4 is 15.4 Å². The van der Waals surface area contributed by atoms with Gasteiger partial charge in [0.2, 0.25) is 11.9 Å². The van der Waals surface area contributed by atoms with E-state index >= 15 is 0 Å². The van der Waals surface area contributed by atoms with Crippen LogP contribution in [0.4, 0.5) is 11.4 Å². The molecule has 1 atom stereocenters. The van der Waals surface area contributed by atoms with Crippen LogP contribution >= 0.6 is 0 Å². The second-order valence-corrected chi connectivity index (χ2v) is 6.65. The van der Waals surface area contributed by atoms with Crippen LogP contribution in [-0.4, -0.2) is 46.4 Å². The second kappa shape index (κ2) is 7.63. The molecule has 2 aromatic rings. The molecular weight excluding hydrogens is 376 g/mol. The molecule has 1 unspecified atom stereocenters. The average Bonchev–Trinajstić information content (AvgIpc) is 3.05. The van der Waals surface area contributed by atoms with Gasteiger partial charge in [-0.3, -0.25) is 19.7 Å². The molecule has 9 heteroatoms. The number of aliphatic carboxylic acids is 1. The Morgan fingerprint density at radius 3 is 2.72 bits per heavy atom. The van der Waals surface area contributed by atoms with Gasteiger partial charge in [0.15, 0.2) is 6.10 Å². The van der Waals surface area contributed by atoms with Gasteiger partial charge < -0.3 is 20.1 Å². The number of carboxylic acid groups (broad SMARTS) is 1. The number of para-hydroxylation sites is 1. The van der Waals surface area contributed by atoms with Crippen molar-refractivity contribution in [2.24, 2.45) is 4.99 Å². The highest BCUT2D eigenvalue weighted by Gasteiger charge is 2.32. The summed E-state index contributed by atoms with van der Waals surface area (Å²) in [5, 5.41) is 14.6. The number of hydrogen-bond acceptors (Lipinski definition) is 6. The Labute approximate surface area is 166 Å². The van der Waals surface area contributed by atoms with Crippen molar-refractivity contribution in [1.82, 2.24) is 10.2 Å². The van der Waals surface area contributed by atoms with Crippen LogP contribution in [0.5, 0.6) is 5.75 Å². The number of nitrogens with zero attached hydrogens (tertiary/aromatic N) is 2. The molecule has 0 radical (unpaired) electrons. The number of carboxylic acids is 1. The topological polar surface area (TPSA) is 120 Å². The van der Waals surface area contributed by atoms with E-state index < -0.39 is 24.4 Å². The van der Waals surface area contributed by atoms with Crippen molar-refractivity contribution in [3.63, 3.8) is 0 Å². The first-order valence-corrected chi connectivity index (χ1v) is 8.99. The molecule has 0 aromatic heterocycles. The number of anilines is 1. The number of rotatable bonds is 6. The summed E-state index contributed by atoms with van der Waals surface area (Å²) in [6.45, 7) is 0.544. The van der Waals surface area contributed by atoms with Gasteiger partial charge in [0.05, 0.1) is 18.7 Å². The van der Waals surface area contributed by atoms with E-state index in [1.807, 2.05) is 6.07 Å². The molecule has 0 bridgehead atoms. The molecule has 2 aliphatic heterocycles. The van der Waals surface area contributed by atoms with Crippen molar-refractivity contribution in [3.8, 4) is 5.75 Å². The first-order chi connectivity index (χ1) is 14.0. The van der Waals surface area contributed by atoms with Crippen LogP contribution in [0.2, 0.25) is 0 Å². The Morgan fingerprint density at radius 2 is 1.97 bits per heavy atom. The summed E-state index contributed by atoms with van der Waals surface area (Å²) in [4.78, 5) is 41.7. The Morgan fingerprint density at radius 1 is 1.17 bits per heavy atom. The number of carbonyl (C=O) groups excluding carboxylic acids is 2. The van der Waals surface area contributed by atoms with Gasteiger partial charge in [0.1, 0.15) is 12.3 Å². The molecule has 2 heterocycles. The van der Waals surface area contributed by atoms with E-state index in [2.05, 4.69) is 15.6 Å². The first-order valence-electron chi connectivity index (χ1n) is 8.99. The van der Waals surface area contributed by atoms with E-state index in [0.29, 0.717) is 35.2 Å². The summed E-state index contributed by atoms with van der Waals surface area (Å²) in [5.74, 6) is -1.03. The largest absolute Gasteiger partial charge is 0.481 e. The fourth-order valence-corrected chi connectivity index (χ4v) is 3.20. The van der Waals surface area contributed by atoms with Crippen molar-refractivity contribution in [2.45, 2.75) is 19.1 Å². The molecule has 2 amide bonds. The molecule has 148 valence electrons. The van der Waals surface area contributed by atoms with Crippen molar-refractivity contribution in [2.75, 3.05) is 11.9 Å². The van der Waals surface area contributed by atoms with E-state index in [1.54, 1.807) is 47.4 Å². The Balaban J connectivity index is 1.58. The van der Waals surface area contributed by atoms with Gasteiger partial charge in [-0.05, 0) is 24.3 Å².